The van der Waals surface area contributed by atoms with Crippen LogP contribution in [0.2, 0.25) is 0 Å². The number of fused-ring (bicyclic) bond motifs is 1. The molecule has 12 nitrogen and oxygen atoms in total. The van der Waals surface area contributed by atoms with E-state index in [1.807, 2.05) is 39.0 Å². The first-order valence-electron chi connectivity index (χ1n) is 12.8. The van der Waals surface area contributed by atoms with Crippen molar-refractivity contribution in [3.63, 3.8) is 0 Å². The first-order chi connectivity index (χ1) is 19.4. The van der Waals surface area contributed by atoms with Crippen LogP contribution in [0.4, 0.5) is 23.3 Å². The van der Waals surface area contributed by atoms with Crippen LogP contribution in [0.5, 0.6) is 11.5 Å². The number of hydrogen-bond donors (Lipinski definition) is 2. The highest BCUT2D eigenvalue weighted by Crippen LogP contribution is 2.32. The minimum atomic E-state index is -0.0698. The second-order valence-corrected chi connectivity index (χ2v) is 9.45. The van der Waals surface area contributed by atoms with Gasteiger partial charge in [-0.15, -0.1) is 0 Å². The lowest BCUT2D eigenvalue weighted by atomic mass is 10.2. The molecule has 3 aromatic heterocycles. The summed E-state index contributed by atoms with van der Waals surface area (Å²) >= 11 is 0. The number of nitrogens with zero attached hydrogens (tertiary/aromatic N) is 8. The smallest absolute Gasteiger partial charge is 0.246 e. The van der Waals surface area contributed by atoms with E-state index >= 15 is 0 Å². The number of carbonyl (C=O) groups is 1. The molecule has 0 spiro atoms. The number of nitrogens with one attached hydrogen (secondary N) is 1. The third kappa shape index (κ3) is 5.51. The number of pyridine rings is 1. The maximum atomic E-state index is 12.1. The number of rotatable bonds is 7. The Hall–Kier alpha value is -5.13. The second kappa shape index (κ2) is 11.3. The minimum absolute atomic E-state index is 0.00258. The van der Waals surface area contributed by atoms with Crippen molar-refractivity contribution in [1.29, 1.82) is 0 Å². The van der Waals surface area contributed by atoms with Crippen LogP contribution in [-0.2, 0) is 4.79 Å². The molecule has 4 heterocycles. The number of carbonyl (C=O) groups excluding carboxylic acids is 1. The van der Waals surface area contributed by atoms with E-state index in [2.05, 4.69) is 41.7 Å². The van der Waals surface area contributed by atoms with Gasteiger partial charge in [-0.25, -0.2) is 29.9 Å². The van der Waals surface area contributed by atoms with Crippen LogP contribution in [0.15, 0.2) is 60.6 Å². The highest BCUT2D eigenvalue weighted by molar-refractivity contribution is 5.88. The normalized spacial score (nSPS) is 15.4. The lowest BCUT2D eigenvalue weighted by Gasteiger charge is -2.39. The van der Waals surface area contributed by atoms with Crippen molar-refractivity contribution in [3.8, 4) is 11.5 Å². The van der Waals surface area contributed by atoms with E-state index in [4.69, 9.17) is 15.5 Å². The highest BCUT2D eigenvalue weighted by atomic mass is 16.5. The Labute approximate surface area is 231 Å². The molecule has 1 fully saturated rings. The molecular weight excluding hydrogens is 508 g/mol. The number of benzene rings is 1. The predicted molar refractivity (Wildman–Crippen MR) is 155 cm³/mol. The Bertz CT molecular complexity index is 1610. The van der Waals surface area contributed by atoms with Gasteiger partial charge in [-0.2, -0.15) is 0 Å². The summed E-state index contributed by atoms with van der Waals surface area (Å²) in [6.07, 6.45) is 7.42. The third-order valence-electron chi connectivity index (χ3n) is 6.64. The summed E-state index contributed by atoms with van der Waals surface area (Å²) in [5, 5.41) is 3.36. The number of aryl methyl sites for hydroxylation is 2. The average molecular weight is 539 g/mol. The van der Waals surface area contributed by atoms with Gasteiger partial charge >= 0.3 is 0 Å². The number of piperazine rings is 1. The standard InChI is InChI=1S/C28H30N10O2/c1-5-25(39)38-9-8-37(14-19(38)4)28-31-13-21-26(36-28)27(34-16-33-21)35-20-6-7-22(17(2)10-20)40-23-11-24(32-15-29)30-12-18(23)3/h5-7,10-13,15-16,19H,1,8-9,14H2,2-4H3,(H2,29,30,32)(H,33,34,35)/t19-/m1/s1. The molecule has 1 atom stereocenters. The van der Waals surface area contributed by atoms with Crippen molar-refractivity contribution in [3.05, 3.63) is 66.8 Å². The zero-order valence-electron chi connectivity index (χ0n) is 22.6. The lowest BCUT2D eigenvalue weighted by Crippen LogP contribution is -2.54. The van der Waals surface area contributed by atoms with Gasteiger partial charge in [0.25, 0.3) is 0 Å². The summed E-state index contributed by atoms with van der Waals surface area (Å²) in [5.74, 6) is 2.87. The molecule has 0 aliphatic carbocycles. The quantitative estimate of drug-likeness (QED) is 0.202. The van der Waals surface area contributed by atoms with Gasteiger partial charge in [0.1, 0.15) is 28.9 Å². The molecule has 1 aromatic carbocycles. The third-order valence-corrected chi connectivity index (χ3v) is 6.64. The number of nitrogens with two attached hydrogens (primary N) is 1. The molecule has 1 aliphatic rings. The minimum Gasteiger partial charge on any atom is -0.457 e. The molecule has 1 aliphatic heterocycles. The molecule has 0 saturated carbocycles. The van der Waals surface area contributed by atoms with Crippen LogP contribution in [0.1, 0.15) is 18.1 Å². The predicted octanol–water partition coefficient (Wildman–Crippen LogP) is 3.81. The van der Waals surface area contributed by atoms with Gasteiger partial charge in [0.2, 0.25) is 11.9 Å². The molecular formula is C28H30N10O2. The summed E-state index contributed by atoms with van der Waals surface area (Å²) in [6, 6.07) is 7.51. The fourth-order valence-corrected chi connectivity index (χ4v) is 4.52. The lowest BCUT2D eigenvalue weighted by molar-refractivity contribution is -0.128. The zero-order chi connectivity index (χ0) is 28.2. The van der Waals surface area contributed by atoms with Gasteiger partial charge in [0, 0.05) is 49.2 Å². The summed E-state index contributed by atoms with van der Waals surface area (Å²) in [7, 11) is 0. The Morgan fingerprint density at radius 3 is 2.73 bits per heavy atom. The van der Waals surface area contributed by atoms with Crippen LogP contribution in [0, 0.1) is 13.8 Å². The molecule has 3 N–H and O–H groups in total. The summed E-state index contributed by atoms with van der Waals surface area (Å²) in [6.45, 7) is 11.3. The molecule has 1 saturated heterocycles. The van der Waals surface area contributed by atoms with Crippen LogP contribution in [0.3, 0.4) is 0 Å². The van der Waals surface area contributed by atoms with Gasteiger partial charge in [0.15, 0.2) is 11.6 Å². The molecule has 0 unspecified atom stereocenters. The van der Waals surface area contributed by atoms with Gasteiger partial charge in [-0.05, 0) is 50.6 Å². The summed E-state index contributed by atoms with van der Waals surface area (Å²) in [5.41, 5.74) is 9.23. The van der Waals surface area contributed by atoms with Crippen LogP contribution in [0.25, 0.3) is 11.0 Å². The number of anilines is 3. The Morgan fingerprint density at radius 2 is 1.98 bits per heavy atom. The Morgan fingerprint density at radius 1 is 1.12 bits per heavy atom. The van der Waals surface area contributed by atoms with Crippen molar-refractivity contribution in [2.75, 3.05) is 29.9 Å². The van der Waals surface area contributed by atoms with E-state index in [1.165, 1.54) is 18.7 Å². The number of ether oxygens (including phenoxy) is 1. The Kier molecular flexibility index (Phi) is 7.49. The van der Waals surface area contributed by atoms with Gasteiger partial charge in [0.05, 0.1) is 12.5 Å². The number of hydrogen-bond acceptors (Lipinski definition) is 10. The Balaban J connectivity index is 1.36. The molecule has 40 heavy (non-hydrogen) atoms. The molecule has 12 heteroatoms. The maximum Gasteiger partial charge on any atom is 0.246 e. The van der Waals surface area contributed by atoms with Gasteiger partial charge in [-0.3, -0.25) is 4.79 Å². The fourth-order valence-electron chi connectivity index (χ4n) is 4.52. The van der Waals surface area contributed by atoms with E-state index in [9.17, 15) is 4.79 Å². The van der Waals surface area contributed by atoms with Crippen molar-refractivity contribution in [2.45, 2.75) is 26.8 Å². The zero-order valence-corrected chi connectivity index (χ0v) is 22.6. The van der Waals surface area contributed by atoms with E-state index in [1.54, 1.807) is 23.4 Å². The number of aromatic nitrogens is 5. The molecule has 204 valence electrons. The molecule has 0 bridgehead atoms. The fraction of sp³-hybridized carbons (Fsp3) is 0.250. The summed E-state index contributed by atoms with van der Waals surface area (Å²) < 4.78 is 6.16. The van der Waals surface area contributed by atoms with Crippen LogP contribution >= 0.6 is 0 Å². The molecule has 5 rings (SSSR count). The SMILES string of the molecule is C=CC(=O)N1CCN(c2ncc3ncnc(Nc4ccc(Oc5cc(N=CN)ncc5C)c(C)c4)c3n2)C[C@H]1C. The number of amides is 1. The second-order valence-electron chi connectivity index (χ2n) is 9.45. The number of aliphatic imine (C=N–C) groups is 1. The first-order valence-corrected chi connectivity index (χ1v) is 12.8. The van der Waals surface area contributed by atoms with E-state index in [0.717, 1.165) is 16.8 Å². The highest BCUT2D eigenvalue weighted by Gasteiger charge is 2.27. The van der Waals surface area contributed by atoms with Gasteiger partial charge in [-0.1, -0.05) is 6.58 Å². The summed E-state index contributed by atoms with van der Waals surface area (Å²) in [4.78, 5) is 42.3. The van der Waals surface area contributed by atoms with E-state index < -0.39 is 0 Å². The van der Waals surface area contributed by atoms with Crippen molar-refractivity contribution in [1.82, 2.24) is 29.8 Å². The van der Waals surface area contributed by atoms with Crippen molar-refractivity contribution in [2.24, 2.45) is 10.7 Å². The average Bonchev–Trinajstić information content (AvgIpc) is 2.96. The van der Waals surface area contributed by atoms with Crippen LogP contribution in [-0.4, -0.2) is 67.7 Å². The first kappa shape index (κ1) is 26.5. The monoisotopic (exact) mass is 538 g/mol. The maximum absolute atomic E-state index is 12.1. The van der Waals surface area contributed by atoms with E-state index in [0.29, 0.717) is 59.8 Å². The van der Waals surface area contributed by atoms with Crippen molar-refractivity contribution < 1.29 is 9.53 Å². The van der Waals surface area contributed by atoms with E-state index in [-0.39, 0.29) is 11.9 Å². The molecule has 1 amide bonds. The molecule has 0 radical (unpaired) electrons. The largest absolute Gasteiger partial charge is 0.457 e. The topological polar surface area (TPSA) is 148 Å². The molecule has 4 aromatic rings. The van der Waals surface area contributed by atoms with Gasteiger partial charge < -0.3 is 25.6 Å². The van der Waals surface area contributed by atoms with Crippen molar-refractivity contribution >= 4 is 46.6 Å². The van der Waals surface area contributed by atoms with Crippen LogP contribution < -0.4 is 20.7 Å².